The average Bonchev–Trinajstić information content (AvgIpc) is 2.79. The second kappa shape index (κ2) is 5.18. The van der Waals surface area contributed by atoms with Crippen molar-refractivity contribution in [3.63, 3.8) is 0 Å². The molecule has 5 heteroatoms. The molecule has 2 rings (SSSR count). The molecule has 0 bridgehead atoms. The number of nitrogen functional groups attached to an aromatic ring is 1. The highest BCUT2D eigenvalue weighted by molar-refractivity contribution is 7.98. The molecule has 0 aliphatic rings. The maximum absolute atomic E-state index is 10.9. The van der Waals surface area contributed by atoms with Crippen LogP contribution in [0.5, 0.6) is 0 Å². The Balaban J connectivity index is 2.14. The Labute approximate surface area is 109 Å². The van der Waals surface area contributed by atoms with Crippen LogP contribution in [0.3, 0.4) is 0 Å². The summed E-state index contributed by atoms with van der Waals surface area (Å²) < 4.78 is 5.18. The first-order chi connectivity index (χ1) is 8.58. The van der Waals surface area contributed by atoms with E-state index in [1.165, 1.54) is 24.1 Å². The van der Waals surface area contributed by atoms with Gasteiger partial charge in [-0.3, -0.25) is 0 Å². The maximum atomic E-state index is 10.9. The zero-order valence-corrected chi connectivity index (χ0v) is 10.7. The lowest BCUT2D eigenvalue weighted by molar-refractivity contribution is 0.0695. The Morgan fingerprint density at radius 1 is 1.44 bits per heavy atom. The van der Waals surface area contributed by atoms with Gasteiger partial charge in [-0.1, -0.05) is 6.07 Å². The van der Waals surface area contributed by atoms with E-state index in [1.54, 1.807) is 0 Å². The lowest BCUT2D eigenvalue weighted by atomic mass is 10.2. The van der Waals surface area contributed by atoms with Gasteiger partial charge in [0.2, 0.25) is 0 Å². The first-order valence-corrected chi connectivity index (χ1v) is 6.35. The van der Waals surface area contributed by atoms with E-state index < -0.39 is 5.97 Å². The minimum atomic E-state index is -0.969. The zero-order chi connectivity index (χ0) is 13.1. The molecule has 94 valence electrons. The van der Waals surface area contributed by atoms with Gasteiger partial charge >= 0.3 is 5.97 Å². The fourth-order valence-electron chi connectivity index (χ4n) is 1.56. The molecule has 0 aliphatic heterocycles. The molecular weight excluding hydrogens is 250 g/mol. The standard InChI is InChI=1S/C13H13NO3S/c1-8-2-3-9(14)6-12(8)18-7-11-10(13(15)16)4-5-17-11/h2-6H,7,14H2,1H3,(H,15,16). The Morgan fingerprint density at radius 2 is 2.22 bits per heavy atom. The molecule has 0 aliphatic carbocycles. The highest BCUT2D eigenvalue weighted by atomic mass is 32.2. The highest BCUT2D eigenvalue weighted by Crippen LogP contribution is 2.29. The summed E-state index contributed by atoms with van der Waals surface area (Å²) in [6.07, 6.45) is 1.39. The summed E-state index contributed by atoms with van der Waals surface area (Å²) in [7, 11) is 0. The molecule has 0 spiro atoms. The zero-order valence-electron chi connectivity index (χ0n) is 9.84. The van der Waals surface area contributed by atoms with Gasteiger partial charge in [0, 0.05) is 10.6 Å². The van der Waals surface area contributed by atoms with Crippen LogP contribution in [0.1, 0.15) is 21.7 Å². The fraction of sp³-hybridized carbons (Fsp3) is 0.154. The molecule has 0 unspecified atom stereocenters. The number of hydrogen-bond donors (Lipinski definition) is 2. The summed E-state index contributed by atoms with van der Waals surface area (Å²) in [5, 5.41) is 8.96. The number of hydrogen-bond acceptors (Lipinski definition) is 4. The largest absolute Gasteiger partial charge is 0.478 e. The minimum Gasteiger partial charge on any atom is -0.478 e. The molecule has 0 atom stereocenters. The number of nitrogens with two attached hydrogens (primary N) is 1. The SMILES string of the molecule is Cc1ccc(N)cc1SCc1occc1C(=O)O. The molecule has 0 fully saturated rings. The summed E-state index contributed by atoms with van der Waals surface area (Å²) in [4.78, 5) is 12.0. The number of furan rings is 1. The van der Waals surface area contributed by atoms with Gasteiger partial charge in [-0.25, -0.2) is 4.79 Å². The molecule has 0 amide bonds. The highest BCUT2D eigenvalue weighted by Gasteiger charge is 2.13. The number of benzene rings is 1. The van der Waals surface area contributed by atoms with Crippen molar-refractivity contribution < 1.29 is 14.3 Å². The molecule has 0 saturated heterocycles. The van der Waals surface area contributed by atoms with E-state index in [2.05, 4.69) is 0 Å². The van der Waals surface area contributed by atoms with Crippen molar-refractivity contribution in [2.24, 2.45) is 0 Å². The van der Waals surface area contributed by atoms with Gasteiger partial charge in [-0.15, -0.1) is 11.8 Å². The molecule has 18 heavy (non-hydrogen) atoms. The third-order valence-electron chi connectivity index (χ3n) is 2.55. The smallest absolute Gasteiger partial charge is 0.339 e. The van der Waals surface area contributed by atoms with Crippen LogP contribution < -0.4 is 5.73 Å². The van der Waals surface area contributed by atoms with Gasteiger partial charge < -0.3 is 15.3 Å². The number of carbonyl (C=O) groups is 1. The van der Waals surface area contributed by atoms with Gasteiger partial charge in [0.1, 0.15) is 11.3 Å². The van der Waals surface area contributed by atoms with Crippen LogP contribution in [0, 0.1) is 6.92 Å². The van der Waals surface area contributed by atoms with Crippen molar-refractivity contribution in [3.8, 4) is 0 Å². The molecule has 4 nitrogen and oxygen atoms in total. The van der Waals surface area contributed by atoms with Crippen LogP contribution in [0.15, 0.2) is 39.8 Å². The van der Waals surface area contributed by atoms with Gasteiger partial charge in [-0.05, 0) is 30.7 Å². The Bertz CT molecular complexity index is 577. The Kier molecular flexibility index (Phi) is 3.62. The lowest BCUT2D eigenvalue weighted by Gasteiger charge is -2.05. The van der Waals surface area contributed by atoms with E-state index in [4.69, 9.17) is 15.3 Å². The predicted molar refractivity (Wildman–Crippen MR) is 70.8 cm³/mol. The number of carboxylic acids is 1. The van der Waals surface area contributed by atoms with E-state index in [0.29, 0.717) is 17.2 Å². The summed E-state index contributed by atoms with van der Waals surface area (Å²) in [5.41, 5.74) is 7.74. The van der Waals surface area contributed by atoms with Crippen LogP contribution in [-0.2, 0) is 5.75 Å². The van der Waals surface area contributed by atoms with Crippen molar-refractivity contribution in [2.45, 2.75) is 17.6 Å². The van der Waals surface area contributed by atoms with Gasteiger partial charge in [0.25, 0.3) is 0 Å². The van der Waals surface area contributed by atoms with E-state index in [0.717, 1.165) is 10.5 Å². The Morgan fingerprint density at radius 3 is 2.94 bits per heavy atom. The Hall–Kier alpha value is -1.88. The number of aromatic carboxylic acids is 1. The van der Waals surface area contributed by atoms with E-state index >= 15 is 0 Å². The molecule has 1 aromatic heterocycles. The first-order valence-electron chi connectivity index (χ1n) is 5.36. The number of carboxylic acid groups (broad SMARTS) is 1. The summed E-state index contributed by atoms with van der Waals surface area (Å²) in [6, 6.07) is 7.13. The molecule has 3 N–H and O–H groups in total. The fourth-order valence-corrected chi connectivity index (χ4v) is 2.58. The van der Waals surface area contributed by atoms with Crippen molar-refractivity contribution >= 4 is 23.4 Å². The predicted octanol–water partition coefficient (Wildman–Crippen LogP) is 3.16. The van der Waals surface area contributed by atoms with Gasteiger partial charge in [-0.2, -0.15) is 0 Å². The van der Waals surface area contributed by atoms with Crippen molar-refractivity contribution in [3.05, 3.63) is 47.4 Å². The molecule has 1 aromatic carbocycles. The van der Waals surface area contributed by atoms with Crippen molar-refractivity contribution in [2.75, 3.05) is 5.73 Å². The van der Waals surface area contributed by atoms with Crippen LogP contribution in [0.25, 0.3) is 0 Å². The van der Waals surface area contributed by atoms with E-state index in [-0.39, 0.29) is 5.56 Å². The maximum Gasteiger partial charge on any atom is 0.339 e. The van der Waals surface area contributed by atoms with Crippen molar-refractivity contribution in [1.82, 2.24) is 0 Å². The van der Waals surface area contributed by atoms with Crippen LogP contribution in [0.2, 0.25) is 0 Å². The molecule has 2 aromatic rings. The molecule has 0 saturated carbocycles. The first kappa shape index (κ1) is 12.6. The van der Waals surface area contributed by atoms with Crippen molar-refractivity contribution in [1.29, 1.82) is 0 Å². The number of rotatable bonds is 4. The second-order valence-electron chi connectivity index (χ2n) is 3.88. The van der Waals surface area contributed by atoms with Crippen LogP contribution >= 0.6 is 11.8 Å². The number of aryl methyl sites for hydroxylation is 1. The third kappa shape index (κ3) is 2.68. The quantitative estimate of drug-likeness (QED) is 0.654. The summed E-state index contributed by atoms with van der Waals surface area (Å²) in [6.45, 7) is 1.99. The van der Waals surface area contributed by atoms with Gasteiger partial charge in [0.05, 0.1) is 12.0 Å². The molecular formula is C13H13NO3S. The molecule has 0 radical (unpaired) electrons. The third-order valence-corrected chi connectivity index (χ3v) is 3.70. The summed E-state index contributed by atoms with van der Waals surface area (Å²) in [5.74, 6) is -0.0307. The number of thioether (sulfide) groups is 1. The normalized spacial score (nSPS) is 10.5. The van der Waals surface area contributed by atoms with Crippen LogP contribution in [-0.4, -0.2) is 11.1 Å². The number of anilines is 1. The molecule has 1 heterocycles. The second-order valence-corrected chi connectivity index (χ2v) is 4.89. The van der Waals surface area contributed by atoms with Gasteiger partial charge in [0.15, 0.2) is 0 Å². The monoisotopic (exact) mass is 263 g/mol. The topological polar surface area (TPSA) is 76.5 Å². The van der Waals surface area contributed by atoms with E-state index in [1.807, 2.05) is 25.1 Å². The average molecular weight is 263 g/mol. The van der Waals surface area contributed by atoms with E-state index in [9.17, 15) is 4.79 Å². The minimum absolute atomic E-state index is 0.212. The lowest BCUT2D eigenvalue weighted by Crippen LogP contribution is -1.97. The summed E-state index contributed by atoms with van der Waals surface area (Å²) >= 11 is 1.51. The van der Waals surface area contributed by atoms with Crippen LogP contribution in [0.4, 0.5) is 5.69 Å².